The molecule has 1 unspecified atom stereocenters. The summed E-state index contributed by atoms with van der Waals surface area (Å²) in [4.78, 5) is 42.5. The van der Waals surface area contributed by atoms with Crippen LogP contribution in [0.25, 0.3) is 11.0 Å². The summed E-state index contributed by atoms with van der Waals surface area (Å²) in [6.07, 6.45) is 0.689. The fourth-order valence-corrected chi connectivity index (χ4v) is 5.70. The highest BCUT2D eigenvalue weighted by atomic mass is 16.6. The number of benzene rings is 3. The van der Waals surface area contributed by atoms with E-state index in [1.807, 2.05) is 85.9 Å². The number of rotatable bonds is 11. The molecule has 46 heavy (non-hydrogen) atoms. The molecule has 242 valence electrons. The number of hydrogen-bond acceptors (Lipinski definition) is 7. The van der Waals surface area contributed by atoms with Crippen LogP contribution in [0.2, 0.25) is 0 Å². The van der Waals surface area contributed by atoms with Crippen LogP contribution in [0.15, 0.2) is 78.9 Å². The van der Waals surface area contributed by atoms with Gasteiger partial charge in [-0.05, 0) is 68.9 Å². The monoisotopic (exact) mass is 625 g/mol. The lowest BCUT2D eigenvalue weighted by Gasteiger charge is -2.29. The van der Waals surface area contributed by atoms with E-state index in [0.717, 1.165) is 27.7 Å². The molecule has 3 atom stereocenters. The quantitative estimate of drug-likeness (QED) is 0.231. The van der Waals surface area contributed by atoms with E-state index in [-0.39, 0.29) is 24.4 Å². The highest BCUT2D eigenvalue weighted by Gasteiger charge is 2.42. The normalized spacial score (nSPS) is 17.1. The van der Waals surface area contributed by atoms with E-state index in [4.69, 9.17) is 4.74 Å². The fourth-order valence-electron chi connectivity index (χ4n) is 5.70. The molecule has 1 aliphatic rings. The number of carbonyl (C=O) groups is 3. The van der Waals surface area contributed by atoms with Crippen molar-refractivity contribution in [2.75, 3.05) is 6.54 Å². The molecular formula is C35H43N7O4. The van der Waals surface area contributed by atoms with Crippen molar-refractivity contribution in [2.24, 2.45) is 7.05 Å². The molecule has 0 bridgehead atoms. The molecule has 3 aromatic carbocycles. The minimum atomic E-state index is -0.878. The number of likely N-dealkylation sites (tertiary alicyclic amines) is 1. The van der Waals surface area contributed by atoms with E-state index in [2.05, 4.69) is 26.3 Å². The predicted octanol–water partition coefficient (Wildman–Crippen LogP) is 3.87. The number of fused-ring (bicyclic) bond motifs is 1. The molecule has 11 nitrogen and oxygen atoms in total. The minimum Gasteiger partial charge on any atom is -0.444 e. The van der Waals surface area contributed by atoms with Gasteiger partial charge in [-0.1, -0.05) is 71.9 Å². The molecule has 0 spiro atoms. The maximum absolute atomic E-state index is 14.3. The lowest BCUT2D eigenvalue weighted by molar-refractivity contribution is -0.140. The van der Waals surface area contributed by atoms with Gasteiger partial charge in [-0.2, -0.15) is 0 Å². The molecule has 5 rings (SSSR count). The van der Waals surface area contributed by atoms with Gasteiger partial charge in [0.1, 0.15) is 23.2 Å². The zero-order valence-corrected chi connectivity index (χ0v) is 26.9. The summed E-state index contributed by atoms with van der Waals surface area (Å²) in [6, 6.07) is 23.8. The summed E-state index contributed by atoms with van der Waals surface area (Å²) >= 11 is 0. The van der Waals surface area contributed by atoms with Crippen molar-refractivity contribution in [3.8, 4) is 0 Å². The zero-order chi connectivity index (χ0) is 32.7. The van der Waals surface area contributed by atoms with Crippen LogP contribution < -0.4 is 16.0 Å². The Morgan fingerprint density at radius 2 is 1.63 bits per heavy atom. The number of carbonyl (C=O) groups excluding carboxylic acids is 3. The van der Waals surface area contributed by atoms with Crippen LogP contribution in [0.4, 0.5) is 4.79 Å². The fraction of sp³-hybridized carbons (Fsp3) is 0.400. The molecule has 0 aliphatic carbocycles. The van der Waals surface area contributed by atoms with Crippen LogP contribution in [0.1, 0.15) is 50.3 Å². The van der Waals surface area contributed by atoms with Crippen LogP contribution in [0.5, 0.6) is 0 Å². The summed E-state index contributed by atoms with van der Waals surface area (Å²) in [6.45, 7) is 6.54. The molecule has 1 fully saturated rings. The number of hydrogen-bond donors (Lipinski definition) is 3. The third-order valence-electron chi connectivity index (χ3n) is 8.02. The average Bonchev–Trinajstić information content (AvgIpc) is 3.64. The van der Waals surface area contributed by atoms with E-state index in [1.165, 1.54) is 0 Å². The lowest BCUT2D eigenvalue weighted by Crippen LogP contribution is -2.54. The van der Waals surface area contributed by atoms with Crippen molar-refractivity contribution in [3.05, 3.63) is 95.6 Å². The standard InChI is InChI=1S/C35H43N7O4/c1-35(2,3)46-34(45)38-28(17-15-24-11-7-5-8-12-24)33(44)42-23-27(36-21-25-13-9-6-10-14-25)20-31(42)32(43)37-22-26-16-18-30-29(19-26)39-40-41(30)4/h5-14,16,18-19,27-28,31,36H,15,17,20-23H2,1-4H3,(H,37,43)(H,38,45)/t27-,28?,31-/m0/s1. The first-order valence-corrected chi connectivity index (χ1v) is 15.7. The van der Waals surface area contributed by atoms with Crippen molar-refractivity contribution in [1.29, 1.82) is 0 Å². The summed E-state index contributed by atoms with van der Waals surface area (Å²) < 4.78 is 7.21. The van der Waals surface area contributed by atoms with E-state index in [0.29, 0.717) is 32.4 Å². The summed E-state index contributed by atoms with van der Waals surface area (Å²) in [5, 5.41) is 17.6. The van der Waals surface area contributed by atoms with Gasteiger partial charge in [0.2, 0.25) is 11.8 Å². The third-order valence-corrected chi connectivity index (χ3v) is 8.02. The van der Waals surface area contributed by atoms with Gasteiger partial charge in [-0.15, -0.1) is 5.10 Å². The molecule has 1 saturated heterocycles. The highest BCUT2D eigenvalue weighted by molar-refractivity contribution is 5.92. The van der Waals surface area contributed by atoms with Crippen LogP contribution in [-0.4, -0.2) is 68.1 Å². The van der Waals surface area contributed by atoms with E-state index < -0.39 is 23.8 Å². The van der Waals surface area contributed by atoms with Gasteiger partial charge in [-0.25, -0.2) is 9.48 Å². The zero-order valence-electron chi connectivity index (χ0n) is 26.9. The average molecular weight is 626 g/mol. The molecule has 2 heterocycles. The first kappa shape index (κ1) is 32.6. The largest absolute Gasteiger partial charge is 0.444 e. The number of nitrogens with zero attached hydrogens (tertiary/aromatic N) is 4. The predicted molar refractivity (Wildman–Crippen MR) is 175 cm³/mol. The van der Waals surface area contributed by atoms with Gasteiger partial charge >= 0.3 is 6.09 Å². The minimum absolute atomic E-state index is 0.118. The molecule has 1 aromatic heterocycles. The topological polar surface area (TPSA) is 130 Å². The van der Waals surface area contributed by atoms with Crippen molar-refractivity contribution >= 4 is 28.9 Å². The smallest absolute Gasteiger partial charge is 0.408 e. The molecule has 1 aliphatic heterocycles. The van der Waals surface area contributed by atoms with Crippen LogP contribution in [0.3, 0.4) is 0 Å². The molecule has 0 saturated carbocycles. The highest BCUT2D eigenvalue weighted by Crippen LogP contribution is 2.22. The van der Waals surface area contributed by atoms with Crippen molar-refractivity contribution in [3.63, 3.8) is 0 Å². The van der Waals surface area contributed by atoms with E-state index in [9.17, 15) is 14.4 Å². The van der Waals surface area contributed by atoms with Gasteiger partial charge in [0, 0.05) is 32.7 Å². The van der Waals surface area contributed by atoms with E-state index in [1.54, 1.807) is 30.4 Å². The number of aryl methyl sites for hydroxylation is 2. The number of ether oxygens (including phenoxy) is 1. The van der Waals surface area contributed by atoms with Gasteiger partial charge in [-0.3, -0.25) is 9.59 Å². The summed E-state index contributed by atoms with van der Waals surface area (Å²) in [5.74, 6) is -0.567. The third kappa shape index (κ3) is 8.69. The molecule has 4 aromatic rings. The Hall–Kier alpha value is -4.77. The summed E-state index contributed by atoms with van der Waals surface area (Å²) in [5.41, 5.74) is 3.95. The Labute approximate surface area is 269 Å². The maximum Gasteiger partial charge on any atom is 0.408 e. The Balaban J connectivity index is 1.33. The SMILES string of the molecule is Cn1nnc2cc(CNC(=O)[C@@H]3C[C@H](NCc4ccccc4)CN3C(=O)C(CCc3ccccc3)NC(=O)OC(C)(C)C)ccc21. The number of amides is 3. The molecule has 0 radical (unpaired) electrons. The van der Waals surface area contributed by atoms with E-state index >= 15 is 0 Å². The van der Waals surface area contributed by atoms with Crippen molar-refractivity contribution in [2.45, 2.75) is 76.8 Å². The second kappa shape index (κ2) is 14.6. The van der Waals surface area contributed by atoms with Gasteiger partial charge in [0.15, 0.2) is 0 Å². The number of nitrogens with one attached hydrogen (secondary N) is 3. The van der Waals surface area contributed by atoms with Crippen molar-refractivity contribution < 1.29 is 19.1 Å². The van der Waals surface area contributed by atoms with Gasteiger partial charge < -0.3 is 25.6 Å². The van der Waals surface area contributed by atoms with Crippen LogP contribution in [0, 0.1) is 0 Å². The molecule has 3 N–H and O–H groups in total. The molecular weight excluding hydrogens is 582 g/mol. The Morgan fingerprint density at radius 1 is 0.935 bits per heavy atom. The molecule has 3 amide bonds. The summed E-state index contributed by atoms with van der Waals surface area (Å²) in [7, 11) is 1.83. The lowest BCUT2D eigenvalue weighted by atomic mass is 10.0. The second-order valence-corrected chi connectivity index (χ2v) is 12.8. The molecule has 11 heteroatoms. The Morgan fingerprint density at radius 3 is 2.33 bits per heavy atom. The van der Waals surface area contributed by atoms with Gasteiger partial charge in [0.25, 0.3) is 0 Å². The Kier molecular flexibility index (Phi) is 10.3. The van der Waals surface area contributed by atoms with Crippen LogP contribution in [-0.2, 0) is 40.9 Å². The first-order chi connectivity index (χ1) is 22.1. The second-order valence-electron chi connectivity index (χ2n) is 12.8. The van der Waals surface area contributed by atoms with Crippen LogP contribution >= 0.6 is 0 Å². The maximum atomic E-state index is 14.3. The first-order valence-electron chi connectivity index (χ1n) is 15.7. The van der Waals surface area contributed by atoms with Crippen molar-refractivity contribution in [1.82, 2.24) is 35.8 Å². The Bertz CT molecular complexity index is 1640. The number of alkyl carbamates (subject to hydrolysis) is 1. The van der Waals surface area contributed by atoms with Gasteiger partial charge in [0.05, 0.1) is 5.52 Å². The number of aromatic nitrogens is 3.